The summed E-state index contributed by atoms with van der Waals surface area (Å²) in [6, 6.07) is 17.0. The Morgan fingerprint density at radius 3 is 2.61 bits per heavy atom. The number of amides is 2. The Kier molecular flexibility index (Phi) is 3.37. The fourth-order valence-corrected chi connectivity index (χ4v) is 3.51. The van der Waals surface area contributed by atoms with Crippen LogP contribution in [0.2, 0.25) is 0 Å². The van der Waals surface area contributed by atoms with Crippen molar-refractivity contribution in [3.63, 3.8) is 0 Å². The van der Waals surface area contributed by atoms with Crippen LogP contribution in [0.3, 0.4) is 0 Å². The number of carbonyl (C=O) groups is 1. The zero-order valence-corrected chi connectivity index (χ0v) is 13.5. The molecule has 2 amide bonds. The van der Waals surface area contributed by atoms with E-state index >= 15 is 0 Å². The molecule has 0 saturated heterocycles. The fraction of sp³-hybridized carbons (Fsp3) is 0.350. The van der Waals surface area contributed by atoms with Crippen LogP contribution in [0.5, 0.6) is 0 Å². The van der Waals surface area contributed by atoms with Gasteiger partial charge in [-0.15, -0.1) is 0 Å². The average molecular weight is 306 g/mol. The van der Waals surface area contributed by atoms with Crippen molar-refractivity contribution in [2.45, 2.75) is 31.6 Å². The normalized spacial score (nSPS) is 17.7. The Balaban J connectivity index is 1.44. The minimum Gasteiger partial charge on any atom is -0.337 e. The van der Waals surface area contributed by atoms with E-state index in [-0.39, 0.29) is 11.4 Å². The predicted octanol–water partition coefficient (Wildman–Crippen LogP) is 3.80. The lowest BCUT2D eigenvalue weighted by Gasteiger charge is -2.22. The highest BCUT2D eigenvalue weighted by Crippen LogP contribution is 2.47. The van der Waals surface area contributed by atoms with E-state index in [0.717, 1.165) is 38.0 Å². The van der Waals surface area contributed by atoms with E-state index in [0.29, 0.717) is 0 Å². The van der Waals surface area contributed by atoms with Gasteiger partial charge in [-0.1, -0.05) is 48.0 Å². The molecule has 4 rings (SSSR count). The molecule has 1 N–H and O–H groups in total. The lowest BCUT2D eigenvalue weighted by Crippen LogP contribution is -2.42. The van der Waals surface area contributed by atoms with Gasteiger partial charge in [-0.2, -0.15) is 0 Å². The van der Waals surface area contributed by atoms with Crippen molar-refractivity contribution in [3.8, 4) is 0 Å². The summed E-state index contributed by atoms with van der Waals surface area (Å²) >= 11 is 0. The number of urea groups is 1. The van der Waals surface area contributed by atoms with Crippen molar-refractivity contribution in [2.75, 3.05) is 18.0 Å². The number of hydrogen-bond acceptors (Lipinski definition) is 1. The number of para-hydroxylation sites is 1. The summed E-state index contributed by atoms with van der Waals surface area (Å²) in [7, 11) is 0. The molecule has 1 aliphatic carbocycles. The zero-order chi connectivity index (χ0) is 15.9. The molecular weight excluding hydrogens is 284 g/mol. The van der Waals surface area contributed by atoms with Crippen molar-refractivity contribution in [1.82, 2.24) is 5.32 Å². The van der Waals surface area contributed by atoms with Gasteiger partial charge in [0.2, 0.25) is 0 Å². The molecule has 3 nitrogen and oxygen atoms in total. The molecule has 0 unspecified atom stereocenters. The zero-order valence-electron chi connectivity index (χ0n) is 13.5. The molecule has 3 heteroatoms. The average Bonchev–Trinajstić information content (AvgIpc) is 3.24. The van der Waals surface area contributed by atoms with Crippen LogP contribution in [-0.4, -0.2) is 19.1 Å². The number of rotatable bonds is 3. The number of aryl methyl sites for hydroxylation is 1. The predicted molar refractivity (Wildman–Crippen MR) is 93.0 cm³/mol. The summed E-state index contributed by atoms with van der Waals surface area (Å²) in [6.45, 7) is 3.62. The SMILES string of the molecule is Cc1ccc(C2(CNC(=O)N3CCc4ccccc43)CC2)cc1. The lowest BCUT2D eigenvalue weighted by molar-refractivity contribution is 0.245. The summed E-state index contributed by atoms with van der Waals surface area (Å²) in [5, 5.41) is 3.17. The van der Waals surface area contributed by atoms with E-state index in [1.165, 1.54) is 16.7 Å². The maximum absolute atomic E-state index is 12.6. The van der Waals surface area contributed by atoms with Crippen LogP contribution >= 0.6 is 0 Å². The van der Waals surface area contributed by atoms with Crippen LogP contribution < -0.4 is 10.2 Å². The van der Waals surface area contributed by atoms with E-state index in [4.69, 9.17) is 0 Å². The van der Waals surface area contributed by atoms with Crippen molar-refractivity contribution < 1.29 is 4.79 Å². The molecule has 2 aromatic rings. The van der Waals surface area contributed by atoms with Crippen LogP contribution in [0, 0.1) is 6.92 Å². The third kappa shape index (κ3) is 2.61. The second-order valence-electron chi connectivity index (χ2n) is 6.84. The summed E-state index contributed by atoms with van der Waals surface area (Å²) in [6.07, 6.45) is 3.27. The van der Waals surface area contributed by atoms with Gasteiger partial charge in [0, 0.05) is 24.2 Å². The smallest absolute Gasteiger partial charge is 0.321 e. The van der Waals surface area contributed by atoms with Crippen LogP contribution in [-0.2, 0) is 11.8 Å². The first-order valence-corrected chi connectivity index (χ1v) is 8.38. The van der Waals surface area contributed by atoms with Gasteiger partial charge in [-0.25, -0.2) is 4.79 Å². The standard InChI is InChI=1S/C20H22N2O/c1-15-6-8-17(9-7-15)20(11-12-20)14-21-19(23)22-13-10-16-4-2-3-5-18(16)22/h2-9H,10-14H2,1H3,(H,21,23). The number of carbonyl (C=O) groups excluding carboxylic acids is 1. The van der Waals surface area contributed by atoms with Crippen LogP contribution in [0.4, 0.5) is 10.5 Å². The first-order chi connectivity index (χ1) is 11.2. The fourth-order valence-electron chi connectivity index (χ4n) is 3.51. The van der Waals surface area contributed by atoms with Gasteiger partial charge < -0.3 is 5.32 Å². The molecule has 2 aromatic carbocycles. The Hall–Kier alpha value is -2.29. The number of anilines is 1. The van der Waals surface area contributed by atoms with Gasteiger partial charge in [0.25, 0.3) is 0 Å². The molecule has 0 spiro atoms. The minimum absolute atomic E-state index is 0.0355. The van der Waals surface area contributed by atoms with Gasteiger partial charge in [0.1, 0.15) is 0 Å². The molecule has 1 fully saturated rings. The number of nitrogens with one attached hydrogen (secondary N) is 1. The Bertz CT molecular complexity index is 732. The minimum atomic E-state index is 0.0355. The second-order valence-corrected chi connectivity index (χ2v) is 6.84. The van der Waals surface area contributed by atoms with Crippen molar-refractivity contribution >= 4 is 11.7 Å². The monoisotopic (exact) mass is 306 g/mol. The summed E-state index contributed by atoms with van der Waals surface area (Å²) in [5.74, 6) is 0. The first-order valence-electron chi connectivity index (χ1n) is 8.38. The molecule has 2 aliphatic rings. The number of fused-ring (bicyclic) bond motifs is 1. The molecule has 0 radical (unpaired) electrons. The van der Waals surface area contributed by atoms with Crippen LogP contribution in [0.25, 0.3) is 0 Å². The van der Waals surface area contributed by atoms with Crippen molar-refractivity contribution in [1.29, 1.82) is 0 Å². The topological polar surface area (TPSA) is 32.3 Å². The van der Waals surface area contributed by atoms with Gasteiger partial charge in [0.15, 0.2) is 0 Å². The maximum atomic E-state index is 12.6. The quantitative estimate of drug-likeness (QED) is 0.919. The molecule has 118 valence electrons. The van der Waals surface area contributed by atoms with Gasteiger partial charge >= 0.3 is 6.03 Å². The molecular formula is C20H22N2O. The van der Waals surface area contributed by atoms with E-state index in [1.807, 2.05) is 23.1 Å². The molecule has 0 bridgehead atoms. The molecule has 0 atom stereocenters. The van der Waals surface area contributed by atoms with Gasteiger partial charge in [0.05, 0.1) is 0 Å². The third-order valence-corrected chi connectivity index (χ3v) is 5.23. The van der Waals surface area contributed by atoms with Crippen molar-refractivity contribution in [2.24, 2.45) is 0 Å². The summed E-state index contributed by atoms with van der Waals surface area (Å²) in [4.78, 5) is 14.5. The second kappa shape index (κ2) is 5.41. The van der Waals surface area contributed by atoms with Crippen molar-refractivity contribution in [3.05, 3.63) is 65.2 Å². The Morgan fingerprint density at radius 1 is 1.13 bits per heavy atom. The number of benzene rings is 2. The van der Waals surface area contributed by atoms with E-state index in [2.05, 4.69) is 42.6 Å². The largest absolute Gasteiger partial charge is 0.337 e. The van der Waals surface area contributed by atoms with Gasteiger partial charge in [-0.3, -0.25) is 4.90 Å². The molecule has 1 heterocycles. The molecule has 23 heavy (non-hydrogen) atoms. The summed E-state index contributed by atoms with van der Waals surface area (Å²) < 4.78 is 0. The summed E-state index contributed by atoms with van der Waals surface area (Å²) in [5.41, 5.74) is 5.11. The Labute approximate surface area is 137 Å². The third-order valence-electron chi connectivity index (χ3n) is 5.23. The van der Waals surface area contributed by atoms with Crippen LogP contribution in [0.15, 0.2) is 48.5 Å². The number of nitrogens with zero attached hydrogens (tertiary/aromatic N) is 1. The van der Waals surface area contributed by atoms with Crippen LogP contribution in [0.1, 0.15) is 29.5 Å². The van der Waals surface area contributed by atoms with E-state index in [1.54, 1.807) is 0 Å². The molecule has 1 saturated carbocycles. The van der Waals surface area contributed by atoms with Gasteiger partial charge in [-0.05, 0) is 43.4 Å². The molecule has 0 aromatic heterocycles. The maximum Gasteiger partial charge on any atom is 0.321 e. The molecule has 1 aliphatic heterocycles. The number of hydrogen-bond donors (Lipinski definition) is 1. The highest BCUT2D eigenvalue weighted by Gasteiger charge is 2.44. The Morgan fingerprint density at radius 2 is 1.87 bits per heavy atom. The van der Waals surface area contributed by atoms with E-state index in [9.17, 15) is 4.79 Å². The van der Waals surface area contributed by atoms with E-state index < -0.39 is 0 Å². The first kappa shape index (κ1) is 14.3. The highest BCUT2D eigenvalue weighted by atomic mass is 16.2. The highest BCUT2D eigenvalue weighted by molar-refractivity contribution is 5.94. The lowest BCUT2D eigenvalue weighted by atomic mass is 9.95.